The van der Waals surface area contributed by atoms with Crippen LogP contribution >= 0.6 is 15.9 Å². The average Bonchev–Trinajstić information content (AvgIpc) is 2.55. The van der Waals surface area contributed by atoms with Gasteiger partial charge in [-0.25, -0.2) is 14.5 Å². The molecule has 2 aliphatic rings. The molecule has 2 fully saturated rings. The Morgan fingerprint density at radius 2 is 1.92 bits per heavy atom. The molecule has 0 spiro atoms. The van der Waals surface area contributed by atoms with Crippen molar-refractivity contribution in [2.24, 2.45) is 0 Å². The Balaban J connectivity index is 1.61. The molecule has 1 unspecified atom stereocenters. The van der Waals surface area contributed by atoms with Gasteiger partial charge < -0.3 is 15.4 Å². The molecule has 24 heavy (non-hydrogen) atoms. The van der Waals surface area contributed by atoms with E-state index in [4.69, 9.17) is 4.74 Å². The molecule has 4 amide bonds. The molecular formula is C16H21BrN4O3. The van der Waals surface area contributed by atoms with Crippen LogP contribution in [0.15, 0.2) is 28.7 Å². The third-order valence-electron chi connectivity index (χ3n) is 4.29. The number of ether oxygens (including phenoxy) is 1. The van der Waals surface area contributed by atoms with Gasteiger partial charge >= 0.3 is 12.1 Å². The van der Waals surface area contributed by atoms with Crippen molar-refractivity contribution in [3.8, 4) is 0 Å². The SMILES string of the molecule is CC(NC1NC(=O)N(C2CCOCC2)C(=O)N1)c1cccc(Br)c1. The number of amides is 4. The maximum atomic E-state index is 12.4. The van der Waals surface area contributed by atoms with E-state index in [2.05, 4.69) is 31.9 Å². The fourth-order valence-corrected chi connectivity index (χ4v) is 3.41. The van der Waals surface area contributed by atoms with Crippen LogP contribution in [-0.4, -0.2) is 42.5 Å². The molecule has 2 heterocycles. The molecule has 0 aromatic heterocycles. The summed E-state index contributed by atoms with van der Waals surface area (Å²) in [4.78, 5) is 26.0. The zero-order chi connectivity index (χ0) is 17.1. The Labute approximate surface area is 149 Å². The van der Waals surface area contributed by atoms with E-state index in [-0.39, 0.29) is 24.1 Å². The topological polar surface area (TPSA) is 82.7 Å². The van der Waals surface area contributed by atoms with Crippen molar-refractivity contribution in [1.29, 1.82) is 0 Å². The summed E-state index contributed by atoms with van der Waals surface area (Å²) < 4.78 is 6.27. The van der Waals surface area contributed by atoms with Crippen LogP contribution in [0.3, 0.4) is 0 Å². The number of benzene rings is 1. The summed E-state index contributed by atoms with van der Waals surface area (Å²) in [5.41, 5.74) is 1.06. The van der Waals surface area contributed by atoms with Gasteiger partial charge in [-0.05, 0) is 37.5 Å². The maximum Gasteiger partial charge on any atom is 0.328 e. The van der Waals surface area contributed by atoms with Crippen LogP contribution in [0.2, 0.25) is 0 Å². The lowest BCUT2D eigenvalue weighted by Crippen LogP contribution is -2.70. The predicted molar refractivity (Wildman–Crippen MR) is 92.2 cm³/mol. The Kier molecular flexibility index (Phi) is 5.37. The third kappa shape index (κ3) is 3.88. The van der Waals surface area contributed by atoms with E-state index in [1.165, 1.54) is 4.90 Å². The zero-order valence-corrected chi connectivity index (χ0v) is 15.0. The number of rotatable bonds is 4. The number of nitrogens with zero attached hydrogens (tertiary/aromatic N) is 1. The fraction of sp³-hybridized carbons (Fsp3) is 0.500. The molecule has 0 aliphatic carbocycles. The van der Waals surface area contributed by atoms with Crippen LogP contribution in [0, 0.1) is 0 Å². The normalized spacial score (nSPS) is 21.3. The first kappa shape index (κ1) is 17.2. The number of nitrogens with one attached hydrogen (secondary N) is 3. The van der Waals surface area contributed by atoms with Crippen LogP contribution in [0.1, 0.15) is 31.4 Å². The van der Waals surface area contributed by atoms with Gasteiger partial charge in [0.1, 0.15) is 0 Å². The highest BCUT2D eigenvalue weighted by atomic mass is 79.9. The summed E-state index contributed by atoms with van der Waals surface area (Å²) in [6.07, 6.45) is 0.746. The molecule has 1 atom stereocenters. The van der Waals surface area contributed by atoms with Gasteiger partial charge in [-0.15, -0.1) is 0 Å². The van der Waals surface area contributed by atoms with E-state index in [0.717, 1.165) is 10.0 Å². The summed E-state index contributed by atoms with van der Waals surface area (Å²) in [6.45, 7) is 3.12. The van der Waals surface area contributed by atoms with Gasteiger partial charge in [0.15, 0.2) is 6.29 Å². The van der Waals surface area contributed by atoms with Crippen molar-refractivity contribution in [2.45, 2.75) is 38.1 Å². The second-order valence-corrected chi connectivity index (χ2v) is 6.90. The molecule has 2 aliphatic heterocycles. The van der Waals surface area contributed by atoms with Gasteiger partial charge in [0.25, 0.3) is 0 Å². The highest BCUT2D eigenvalue weighted by molar-refractivity contribution is 9.10. The summed E-state index contributed by atoms with van der Waals surface area (Å²) in [5, 5.41) is 8.81. The van der Waals surface area contributed by atoms with E-state index >= 15 is 0 Å². The molecule has 3 rings (SSSR count). The first-order valence-electron chi connectivity index (χ1n) is 8.04. The Hall–Kier alpha value is -1.64. The van der Waals surface area contributed by atoms with Crippen LogP contribution < -0.4 is 16.0 Å². The summed E-state index contributed by atoms with van der Waals surface area (Å²) >= 11 is 3.44. The van der Waals surface area contributed by atoms with Crippen molar-refractivity contribution in [1.82, 2.24) is 20.9 Å². The number of hydrogen-bond acceptors (Lipinski definition) is 4. The van der Waals surface area contributed by atoms with E-state index in [9.17, 15) is 9.59 Å². The number of carbonyl (C=O) groups is 2. The first-order chi connectivity index (χ1) is 11.5. The number of hydrogen-bond donors (Lipinski definition) is 3. The van der Waals surface area contributed by atoms with E-state index in [1.54, 1.807) is 0 Å². The maximum absolute atomic E-state index is 12.4. The highest BCUT2D eigenvalue weighted by Gasteiger charge is 2.37. The Morgan fingerprint density at radius 3 is 2.54 bits per heavy atom. The van der Waals surface area contributed by atoms with Crippen LogP contribution in [0.5, 0.6) is 0 Å². The summed E-state index contributed by atoms with van der Waals surface area (Å²) in [7, 11) is 0. The second kappa shape index (κ2) is 7.50. The minimum Gasteiger partial charge on any atom is -0.381 e. The van der Waals surface area contributed by atoms with Gasteiger partial charge in [0.2, 0.25) is 0 Å². The molecule has 1 aromatic rings. The van der Waals surface area contributed by atoms with Crippen molar-refractivity contribution in [3.05, 3.63) is 34.3 Å². The third-order valence-corrected chi connectivity index (χ3v) is 4.79. The molecule has 3 N–H and O–H groups in total. The van der Waals surface area contributed by atoms with Crippen molar-refractivity contribution in [2.75, 3.05) is 13.2 Å². The quantitative estimate of drug-likeness (QED) is 0.728. The van der Waals surface area contributed by atoms with Crippen LogP contribution in [0.4, 0.5) is 9.59 Å². The first-order valence-corrected chi connectivity index (χ1v) is 8.83. The monoisotopic (exact) mass is 396 g/mol. The Morgan fingerprint density at radius 1 is 1.25 bits per heavy atom. The minimum absolute atomic E-state index is 0.0391. The van der Waals surface area contributed by atoms with Crippen molar-refractivity contribution < 1.29 is 14.3 Å². The number of imide groups is 1. The average molecular weight is 397 g/mol. The van der Waals surface area contributed by atoms with Crippen molar-refractivity contribution >= 4 is 28.0 Å². The molecule has 0 radical (unpaired) electrons. The van der Waals surface area contributed by atoms with Gasteiger partial charge in [0.05, 0.1) is 0 Å². The number of carbonyl (C=O) groups excluding carboxylic acids is 2. The summed E-state index contributed by atoms with van der Waals surface area (Å²) in [6, 6.07) is 7.00. The molecule has 130 valence electrons. The lowest BCUT2D eigenvalue weighted by Gasteiger charge is -2.39. The van der Waals surface area contributed by atoms with Gasteiger partial charge in [0, 0.05) is 29.8 Å². The lowest BCUT2D eigenvalue weighted by atomic mass is 10.1. The summed E-state index contributed by atoms with van der Waals surface area (Å²) in [5.74, 6) is 0. The molecule has 8 heteroatoms. The molecule has 2 saturated heterocycles. The van der Waals surface area contributed by atoms with Gasteiger partial charge in [-0.3, -0.25) is 5.32 Å². The highest BCUT2D eigenvalue weighted by Crippen LogP contribution is 2.19. The second-order valence-electron chi connectivity index (χ2n) is 5.99. The largest absolute Gasteiger partial charge is 0.381 e. The zero-order valence-electron chi connectivity index (χ0n) is 13.4. The molecule has 1 aromatic carbocycles. The van der Waals surface area contributed by atoms with Crippen LogP contribution in [-0.2, 0) is 4.74 Å². The van der Waals surface area contributed by atoms with E-state index < -0.39 is 6.29 Å². The molecule has 0 bridgehead atoms. The smallest absolute Gasteiger partial charge is 0.328 e. The van der Waals surface area contributed by atoms with Gasteiger partial charge in [-0.1, -0.05) is 28.1 Å². The number of urea groups is 2. The number of halogens is 1. The predicted octanol–water partition coefficient (Wildman–Crippen LogP) is 2.30. The molecule has 7 nitrogen and oxygen atoms in total. The Bertz CT molecular complexity index is 603. The van der Waals surface area contributed by atoms with E-state index in [0.29, 0.717) is 26.1 Å². The van der Waals surface area contributed by atoms with Crippen LogP contribution in [0.25, 0.3) is 0 Å². The lowest BCUT2D eigenvalue weighted by molar-refractivity contribution is 0.0492. The van der Waals surface area contributed by atoms with Gasteiger partial charge in [-0.2, -0.15) is 0 Å². The standard InChI is InChI=1S/C16H21BrN4O3/c1-10(11-3-2-4-12(17)9-11)18-14-19-15(22)21(16(23)20-14)13-5-7-24-8-6-13/h2-4,9-10,13-14,18H,5-8H2,1H3,(H,19,22)(H,20,23). The van der Waals surface area contributed by atoms with Crippen molar-refractivity contribution in [3.63, 3.8) is 0 Å². The fourth-order valence-electron chi connectivity index (χ4n) is 2.99. The van der Waals surface area contributed by atoms with E-state index in [1.807, 2.05) is 31.2 Å². The minimum atomic E-state index is -0.602. The molecular weight excluding hydrogens is 376 g/mol. The molecule has 0 saturated carbocycles.